The lowest BCUT2D eigenvalue weighted by molar-refractivity contribution is -0.132. The fourth-order valence-corrected chi connectivity index (χ4v) is 3.72. The van der Waals surface area contributed by atoms with Crippen LogP contribution < -0.4 is 10.1 Å². The molecule has 1 aliphatic heterocycles. The number of rotatable bonds is 6. The molecule has 2 N–H and O–H groups in total. The zero-order chi connectivity index (χ0) is 20.3. The number of carbonyl (C=O) groups is 1. The Balaban J connectivity index is 0.00000300. The largest absolute Gasteiger partial charge is 0.488 e. The van der Waals surface area contributed by atoms with E-state index in [1.165, 1.54) is 5.56 Å². The Morgan fingerprint density at radius 1 is 1.14 bits per heavy atom. The number of aliphatic hydroxyl groups excluding tert-OH is 1. The van der Waals surface area contributed by atoms with Gasteiger partial charge >= 0.3 is 0 Å². The van der Waals surface area contributed by atoms with Crippen molar-refractivity contribution in [2.45, 2.75) is 52.5 Å². The summed E-state index contributed by atoms with van der Waals surface area (Å²) in [4.78, 5) is 14.3. The lowest BCUT2D eigenvalue weighted by atomic mass is 10.0. The maximum atomic E-state index is 12.5. The zero-order valence-corrected chi connectivity index (χ0v) is 18.4. The standard InChI is InChI=1S/C23H30N2O3.ClH/c1-15-5-7-18(8-6-15)14-28-22-16(2)9-19(10-17(22)3)13-25(4)23(27)21-11-20(26)12-24-21;/h5-10,20-21,24,26H,11-14H2,1-4H3;1H. The molecule has 2 aromatic rings. The Labute approximate surface area is 179 Å². The molecular weight excluding hydrogens is 388 g/mol. The smallest absolute Gasteiger partial charge is 0.239 e. The molecule has 158 valence electrons. The van der Waals surface area contributed by atoms with Crippen LogP contribution in [0, 0.1) is 20.8 Å². The van der Waals surface area contributed by atoms with Gasteiger partial charge < -0.3 is 20.1 Å². The van der Waals surface area contributed by atoms with Crippen molar-refractivity contribution < 1.29 is 14.6 Å². The number of aryl methyl sites for hydroxylation is 3. The number of nitrogens with one attached hydrogen (secondary N) is 1. The van der Waals surface area contributed by atoms with Crippen LogP contribution in [0.4, 0.5) is 0 Å². The second-order valence-corrected chi connectivity index (χ2v) is 7.88. The van der Waals surface area contributed by atoms with E-state index in [9.17, 15) is 9.90 Å². The third kappa shape index (κ3) is 5.95. The number of benzene rings is 2. The van der Waals surface area contributed by atoms with Crippen LogP contribution in [0.3, 0.4) is 0 Å². The normalized spacial score (nSPS) is 18.2. The molecule has 29 heavy (non-hydrogen) atoms. The maximum absolute atomic E-state index is 12.5. The van der Waals surface area contributed by atoms with E-state index < -0.39 is 6.10 Å². The second kappa shape index (κ2) is 10.1. The predicted octanol–water partition coefficient (Wildman–Crippen LogP) is 3.29. The highest BCUT2D eigenvalue weighted by molar-refractivity contribution is 5.85. The summed E-state index contributed by atoms with van der Waals surface area (Å²) in [6.45, 7) is 7.71. The Hall–Kier alpha value is -2.08. The molecule has 0 aromatic heterocycles. The van der Waals surface area contributed by atoms with Crippen molar-refractivity contribution in [1.29, 1.82) is 0 Å². The minimum Gasteiger partial charge on any atom is -0.488 e. The van der Waals surface area contributed by atoms with Crippen molar-refractivity contribution in [3.05, 3.63) is 64.2 Å². The molecule has 1 amide bonds. The molecule has 1 saturated heterocycles. The van der Waals surface area contributed by atoms with Crippen molar-refractivity contribution in [2.75, 3.05) is 13.6 Å². The van der Waals surface area contributed by atoms with Gasteiger partial charge in [0.2, 0.25) is 5.91 Å². The number of ether oxygens (including phenoxy) is 1. The second-order valence-electron chi connectivity index (χ2n) is 7.88. The predicted molar refractivity (Wildman–Crippen MR) is 118 cm³/mol. The van der Waals surface area contributed by atoms with Crippen LogP contribution in [0.15, 0.2) is 36.4 Å². The maximum Gasteiger partial charge on any atom is 0.239 e. The summed E-state index contributed by atoms with van der Waals surface area (Å²) < 4.78 is 6.08. The van der Waals surface area contributed by atoms with Crippen LogP contribution in [0.5, 0.6) is 5.75 Å². The minimum atomic E-state index is -0.434. The number of carbonyl (C=O) groups excluding carboxylic acids is 1. The molecule has 1 heterocycles. The van der Waals surface area contributed by atoms with Crippen molar-refractivity contribution in [1.82, 2.24) is 10.2 Å². The first-order valence-corrected chi connectivity index (χ1v) is 9.78. The van der Waals surface area contributed by atoms with Gasteiger partial charge in [-0.2, -0.15) is 0 Å². The number of aliphatic hydroxyl groups is 1. The third-order valence-corrected chi connectivity index (χ3v) is 5.23. The average Bonchev–Trinajstić information content (AvgIpc) is 3.08. The number of likely N-dealkylation sites (N-methyl/N-ethyl adjacent to an activating group) is 1. The first kappa shape index (κ1) is 23.2. The van der Waals surface area contributed by atoms with Gasteiger partial charge in [-0.25, -0.2) is 0 Å². The van der Waals surface area contributed by atoms with Crippen molar-refractivity contribution >= 4 is 18.3 Å². The van der Waals surface area contributed by atoms with Crippen LogP contribution in [-0.4, -0.2) is 41.7 Å². The molecule has 0 spiro atoms. The molecule has 1 fully saturated rings. The number of β-amino-alcohol motifs (C(OH)–C–C–N with tert-alkyl or cyclic N) is 1. The van der Waals surface area contributed by atoms with E-state index in [0.29, 0.717) is 26.1 Å². The van der Waals surface area contributed by atoms with Crippen LogP contribution >= 0.6 is 12.4 Å². The van der Waals surface area contributed by atoms with Gasteiger partial charge in [-0.3, -0.25) is 4.79 Å². The third-order valence-electron chi connectivity index (χ3n) is 5.23. The van der Waals surface area contributed by atoms with Gasteiger partial charge in [-0.15, -0.1) is 12.4 Å². The Bertz CT molecular complexity index is 816. The minimum absolute atomic E-state index is 0. The van der Waals surface area contributed by atoms with Gasteiger partial charge in [-0.1, -0.05) is 42.0 Å². The van der Waals surface area contributed by atoms with Gasteiger partial charge in [0, 0.05) is 20.1 Å². The molecule has 0 radical (unpaired) electrons. The topological polar surface area (TPSA) is 61.8 Å². The van der Waals surface area contributed by atoms with E-state index in [2.05, 4.69) is 48.6 Å². The lowest BCUT2D eigenvalue weighted by Gasteiger charge is -2.22. The van der Waals surface area contributed by atoms with Crippen LogP contribution in [0.2, 0.25) is 0 Å². The number of hydrogen-bond donors (Lipinski definition) is 2. The van der Waals surface area contributed by atoms with Gasteiger partial charge in [0.25, 0.3) is 0 Å². The van der Waals surface area contributed by atoms with Gasteiger partial charge in [-0.05, 0) is 49.4 Å². The molecule has 0 saturated carbocycles. The van der Waals surface area contributed by atoms with Gasteiger partial charge in [0.05, 0.1) is 12.1 Å². The van der Waals surface area contributed by atoms with E-state index in [4.69, 9.17) is 4.74 Å². The fraction of sp³-hybridized carbons (Fsp3) is 0.435. The summed E-state index contributed by atoms with van der Waals surface area (Å²) >= 11 is 0. The first-order chi connectivity index (χ1) is 13.3. The quantitative estimate of drug-likeness (QED) is 0.755. The summed E-state index contributed by atoms with van der Waals surface area (Å²) in [5, 5.41) is 12.7. The Morgan fingerprint density at radius 2 is 1.76 bits per heavy atom. The van der Waals surface area contributed by atoms with E-state index in [1.54, 1.807) is 11.9 Å². The van der Waals surface area contributed by atoms with E-state index in [0.717, 1.165) is 28.0 Å². The first-order valence-electron chi connectivity index (χ1n) is 9.78. The van der Waals surface area contributed by atoms with Crippen LogP contribution in [0.25, 0.3) is 0 Å². The number of amides is 1. The molecule has 0 aliphatic carbocycles. The van der Waals surface area contributed by atoms with E-state index in [1.807, 2.05) is 13.8 Å². The Kier molecular flexibility index (Phi) is 8.08. The highest BCUT2D eigenvalue weighted by Crippen LogP contribution is 2.26. The zero-order valence-electron chi connectivity index (χ0n) is 17.6. The highest BCUT2D eigenvalue weighted by atomic mass is 35.5. The summed E-state index contributed by atoms with van der Waals surface area (Å²) in [6, 6.07) is 12.2. The number of nitrogens with zero attached hydrogens (tertiary/aromatic N) is 1. The van der Waals surface area contributed by atoms with Crippen LogP contribution in [-0.2, 0) is 17.9 Å². The lowest BCUT2D eigenvalue weighted by Crippen LogP contribution is -2.41. The molecule has 5 nitrogen and oxygen atoms in total. The van der Waals surface area contributed by atoms with Gasteiger partial charge in [0.15, 0.2) is 0 Å². The van der Waals surface area contributed by atoms with Crippen molar-refractivity contribution in [3.63, 3.8) is 0 Å². The number of halogens is 1. The molecule has 0 bridgehead atoms. The van der Waals surface area contributed by atoms with Crippen molar-refractivity contribution in [2.24, 2.45) is 0 Å². The van der Waals surface area contributed by atoms with E-state index >= 15 is 0 Å². The number of hydrogen-bond acceptors (Lipinski definition) is 4. The summed E-state index contributed by atoms with van der Waals surface area (Å²) in [6.07, 6.45) is 0.0457. The highest BCUT2D eigenvalue weighted by Gasteiger charge is 2.30. The molecule has 6 heteroatoms. The molecular formula is C23H31ClN2O3. The van der Waals surface area contributed by atoms with E-state index in [-0.39, 0.29) is 24.4 Å². The molecule has 2 unspecified atom stereocenters. The monoisotopic (exact) mass is 418 g/mol. The summed E-state index contributed by atoms with van der Waals surface area (Å²) in [5.41, 5.74) is 5.59. The molecule has 2 atom stereocenters. The van der Waals surface area contributed by atoms with Crippen molar-refractivity contribution in [3.8, 4) is 5.75 Å². The average molecular weight is 419 g/mol. The molecule has 3 rings (SSSR count). The molecule has 1 aliphatic rings. The Morgan fingerprint density at radius 3 is 2.31 bits per heavy atom. The molecule has 2 aromatic carbocycles. The summed E-state index contributed by atoms with van der Waals surface area (Å²) in [5.74, 6) is 0.922. The SMILES string of the molecule is Cc1ccc(COc2c(C)cc(CN(C)C(=O)C3CC(O)CN3)cc2C)cc1.Cl. The van der Waals surface area contributed by atoms with Crippen LogP contribution in [0.1, 0.15) is 34.2 Å². The fourth-order valence-electron chi connectivity index (χ4n) is 3.72. The summed E-state index contributed by atoms with van der Waals surface area (Å²) in [7, 11) is 1.81. The van der Waals surface area contributed by atoms with Gasteiger partial charge in [0.1, 0.15) is 12.4 Å².